The molecule has 0 atom stereocenters. The lowest BCUT2D eigenvalue weighted by atomic mass is 10.1. The van der Waals surface area contributed by atoms with Crippen LogP contribution in [0.5, 0.6) is 11.5 Å². The lowest BCUT2D eigenvalue weighted by molar-refractivity contribution is -0.385. The SMILES string of the molecule is COc1ccc(CCC(=O)Nc2ccc([N+](=O)[O-])c(C)c2)cc1OC. The molecule has 132 valence electrons. The number of benzene rings is 2. The molecule has 25 heavy (non-hydrogen) atoms. The van der Waals surface area contributed by atoms with E-state index in [9.17, 15) is 14.9 Å². The number of rotatable bonds is 7. The zero-order valence-electron chi connectivity index (χ0n) is 14.4. The summed E-state index contributed by atoms with van der Waals surface area (Å²) < 4.78 is 10.4. The number of nitro benzene ring substituents is 1. The number of carbonyl (C=O) groups excluding carboxylic acids is 1. The predicted molar refractivity (Wildman–Crippen MR) is 94.3 cm³/mol. The van der Waals surface area contributed by atoms with Crippen LogP contribution in [0.1, 0.15) is 17.5 Å². The van der Waals surface area contributed by atoms with Crippen LogP contribution in [0.4, 0.5) is 11.4 Å². The van der Waals surface area contributed by atoms with Crippen LogP contribution in [0.3, 0.4) is 0 Å². The standard InChI is InChI=1S/C18H20N2O5/c1-12-10-14(6-7-15(12)20(22)23)19-18(21)9-5-13-4-8-16(24-2)17(11-13)25-3/h4,6-8,10-11H,5,9H2,1-3H3,(H,19,21). The molecule has 2 aromatic carbocycles. The first-order valence-corrected chi connectivity index (χ1v) is 7.70. The first-order valence-electron chi connectivity index (χ1n) is 7.70. The molecule has 0 fully saturated rings. The fraction of sp³-hybridized carbons (Fsp3) is 0.278. The average Bonchev–Trinajstić information content (AvgIpc) is 2.59. The van der Waals surface area contributed by atoms with Gasteiger partial charge in [-0.15, -0.1) is 0 Å². The van der Waals surface area contributed by atoms with Gasteiger partial charge in [0, 0.05) is 23.7 Å². The van der Waals surface area contributed by atoms with Crippen LogP contribution in [-0.4, -0.2) is 25.1 Å². The molecule has 0 aliphatic carbocycles. The summed E-state index contributed by atoms with van der Waals surface area (Å²) in [6, 6.07) is 10.0. The molecule has 2 rings (SSSR count). The first kappa shape index (κ1) is 18.3. The highest BCUT2D eigenvalue weighted by Crippen LogP contribution is 2.28. The monoisotopic (exact) mass is 344 g/mol. The van der Waals surface area contributed by atoms with Crippen molar-refractivity contribution in [1.29, 1.82) is 0 Å². The number of carbonyl (C=O) groups is 1. The van der Waals surface area contributed by atoms with Crippen LogP contribution in [0.2, 0.25) is 0 Å². The fourth-order valence-corrected chi connectivity index (χ4v) is 2.46. The Balaban J connectivity index is 1.97. The van der Waals surface area contributed by atoms with Crippen molar-refractivity contribution in [3.8, 4) is 11.5 Å². The predicted octanol–water partition coefficient (Wildman–Crippen LogP) is 3.49. The van der Waals surface area contributed by atoms with Gasteiger partial charge in [-0.3, -0.25) is 14.9 Å². The normalized spacial score (nSPS) is 10.2. The van der Waals surface area contributed by atoms with Crippen LogP contribution < -0.4 is 14.8 Å². The second kappa shape index (κ2) is 8.14. The van der Waals surface area contributed by atoms with Crippen molar-refractivity contribution in [1.82, 2.24) is 0 Å². The molecule has 7 heteroatoms. The van der Waals surface area contributed by atoms with Gasteiger partial charge in [0.25, 0.3) is 5.69 Å². The molecule has 0 unspecified atom stereocenters. The fourth-order valence-electron chi connectivity index (χ4n) is 2.46. The van der Waals surface area contributed by atoms with Crippen LogP contribution in [-0.2, 0) is 11.2 Å². The minimum atomic E-state index is -0.446. The second-order valence-corrected chi connectivity index (χ2v) is 5.50. The van der Waals surface area contributed by atoms with Gasteiger partial charge in [-0.25, -0.2) is 0 Å². The third kappa shape index (κ3) is 4.69. The minimum Gasteiger partial charge on any atom is -0.493 e. The maximum atomic E-state index is 12.1. The molecule has 0 spiro atoms. The van der Waals surface area contributed by atoms with E-state index in [1.54, 1.807) is 33.3 Å². The summed E-state index contributed by atoms with van der Waals surface area (Å²) in [4.78, 5) is 22.5. The summed E-state index contributed by atoms with van der Waals surface area (Å²) in [6.07, 6.45) is 0.823. The van der Waals surface area contributed by atoms with E-state index in [0.717, 1.165) is 5.56 Å². The maximum absolute atomic E-state index is 12.1. The van der Waals surface area contributed by atoms with E-state index in [1.807, 2.05) is 12.1 Å². The summed E-state index contributed by atoms with van der Waals surface area (Å²) in [7, 11) is 3.13. The van der Waals surface area contributed by atoms with E-state index in [0.29, 0.717) is 29.2 Å². The van der Waals surface area contributed by atoms with Crippen molar-refractivity contribution in [3.05, 3.63) is 57.6 Å². The van der Waals surface area contributed by atoms with Crippen molar-refractivity contribution in [2.75, 3.05) is 19.5 Å². The molecule has 7 nitrogen and oxygen atoms in total. The van der Waals surface area contributed by atoms with Gasteiger partial charge in [0.2, 0.25) is 5.91 Å². The second-order valence-electron chi connectivity index (χ2n) is 5.50. The lowest BCUT2D eigenvalue weighted by Gasteiger charge is -2.10. The highest BCUT2D eigenvalue weighted by Gasteiger charge is 2.12. The zero-order chi connectivity index (χ0) is 18.4. The number of ether oxygens (including phenoxy) is 2. The third-order valence-corrected chi connectivity index (χ3v) is 3.77. The first-order chi connectivity index (χ1) is 11.9. The maximum Gasteiger partial charge on any atom is 0.272 e. The van der Waals surface area contributed by atoms with Gasteiger partial charge in [0.1, 0.15) is 0 Å². The van der Waals surface area contributed by atoms with E-state index < -0.39 is 4.92 Å². The van der Waals surface area contributed by atoms with Gasteiger partial charge in [-0.05, 0) is 43.2 Å². The Hall–Kier alpha value is -3.09. The van der Waals surface area contributed by atoms with Gasteiger partial charge < -0.3 is 14.8 Å². The van der Waals surface area contributed by atoms with E-state index >= 15 is 0 Å². The summed E-state index contributed by atoms with van der Waals surface area (Å²) in [5, 5.41) is 13.6. The molecule has 0 saturated heterocycles. The Kier molecular flexibility index (Phi) is 5.94. The quantitative estimate of drug-likeness (QED) is 0.613. The van der Waals surface area contributed by atoms with Crippen molar-refractivity contribution >= 4 is 17.3 Å². The highest BCUT2D eigenvalue weighted by atomic mass is 16.6. The van der Waals surface area contributed by atoms with Gasteiger partial charge >= 0.3 is 0 Å². The molecule has 0 saturated carbocycles. The molecular weight excluding hydrogens is 324 g/mol. The number of hydrogen-bond acceptors (Lipinski definition) is 5. The van der Waals surface area contributed by atoms with Gasteiger partial charge in [0.05, 0.1) is 19.1 Å². The average molecular weight is 344 g/mol. The number of methoxy groups -OCH3 is 2. The summed E-state index contributed by atoms with van der Waals surface area (Å²) in [6.45, 7) is 1.64. The van der Waals surface area contributed by atoms with Crippen molar-refractivity contribution in [3.63, 3.8) is 0 Å². The molecule has 0 heterocycles. The van der Waals surface area contributed by atoms with E-state index in [-0.39, 0.29) is 18.0 Å². The molecule has 1 amide bonds. The minimum absolute atomic E-state index is 0.0309. The number of nitrogens with zero attached hydrogens (tertiary/aromatic N) is 1. The number of anilines is 1. The van der Waals surface area contributed by atoms with Crippen molar-refractivity contribution < 1.29 is 19.2 Å². The Morgan fingerprint density at radius 3 is 2.44 bits per heavy atom. The Morgan fingerprint density at radius 2 is 1.84 bits per heavy atom. The molecule has 0 aliphatic heterocycles. The molecule has 0 bridgehead atoms. The number of nitrogens with one attached hydrogen (secondary N) is 1. The summed E-state index contributed by atoms with van der Waals surface area (Å²) in [5.74, 6) is 1.09. The number of hydrogen-bond donors (Lipinski definition) is 1. The lowest BCUT2D eigenvalue weighted by Crippen LogP contribution is -2.12. The molecule has 0 aliphatic rings. The summed E-state index contributed by atoms with van der Waals surface area (Å²) in [5.41, 5.74) is 2.03. The Morgan fingerprint density at radius 1 is 1.12 bits per heavy atom. The van der Waals surface area contributed by atoms with Crippen LogP contribution in [0, 0.1) is 17.0 Å². The van der Waals surface area contributed by atoms with Crippen LogP contribution in [0.15, 0.2) is 36.4 Å². The molecule has 0 radical (unpaired) electrons. The summed E-state index contributed by atoms with van der Waals surface area (Å²) >= 11 is 0. The molecule has 2 aromatic rings. The van der Waals surface area contributed by atoms with Gasteiger partial charge in [-0.2, -0.15) is 0 Å². The number of amides is 1. The van der Waals surface area contributed by atoms with E-state index in [2.05, 4.69) is 5.32 Å². The number of aryl methyl sites for hydroxylation is 2. The molecule has 0 aromatic heterocycles. The topological polar surface area (TPSA) is 90.7 Å². The van der Waals surface area contributed by atoms with Crippen molar-refractivity contribution in [2.24, 2.45) is 0 Å². The smallest absolute Gasteiger partial charge is 0.272 e. The zero-order valence-corrected chi connectivity index (χ0v) is 14.4. The van der Waals surface area contributed by atoms with Gasteiger partial charge in [-0.1, -0.05) is 6.07 Å². The highest BCUT2D eigenvalue weighted by molar-refractivity contribution is 5.91. The number of nitro groups is 1. The molecule has 1 N–H and O–H groups in total. The van der Waals surface area contributed by atoms with Crippen LogP contribution in [0.25, 0.3) is 0 Å². The van der Waals surface area contributed by atoms with Crippen molar-refractivity contribution in [2.45, 2.75) is 19.8 Å². The van der Waals surface area contributed by atoms with E-state index in [4.69, 9.17) is 9.47 Å². The van der Waals surface area contributed by atoms with Crippen LogP contribution >= 0.6 is 0 Å². The van der Waals surface area contributed by atoms with Gasteiger partial charge in [0.15, 0.2) is 11.5 Å². The molecular formula is C18H20N2O5. The Labute approximate surface area is 145 Å². The Bertz CT molecular complexity index is 789. The largest absolute Gasteiger partial charge is 0.493 e. The van der Waals surface area contributed by atoms with E-state index in [1.165, 1.54) is 12.1 Å². The third-order valence-electron chi connectivity index (χ3n) is 3.77.